The number of nitrogens with zero attached hydrogens (tertiary/aromatic N) is 1. The van der Waals surface area contributed by atoms with Crippen molar-refractivity contribution in [3.05, 3.63) is 23.8 Å². The first-order chi connectivity index (χ1) is 9.80. The lowest BCUT2D eigenvalue weighted by atomic mass is 9.93. The quantitative estimate of drug-likeness (QED) is 0.910. The fourth-order valence-electron chi connectivity index (χ4n) is 3.51. The molecule has 2 heterocycles. The Morgan fingerprint density at radius 2 is 2.15 bits per heavy atom. The van der Waals surface area contributed by atoms with Crippen molar-refractivity contribution in [2.75, 3.05) is 33.9 Å². The van der Waals surface area contributed by atoms with E-state index in [9.17, 15) is 0 Å². The highest BCUT2D eigenvalue weighted by molar-refractivity contribution is 5.40. The van der Waals surface area contributed by atoms with Crippen LogP contribution in [0.2, 0.25) is 0 Å². The molecule has 110 valence electrons. The van der Waals surface area contributed by atoms with Crippen LogP contribution in [0.5, 0.6) is 11.5 Å². The van der Waals surface area contributed by atoms with Gasteiger partial charge < -0.3 is 14.8 Å². The highest BCUT2D eigenvalue weighted by Crippen LogP contribution is 2.29. The summed E-state index contributed by atoms with van der Waals surface area (Å²) in [4.78, 5) is 2.55. The first-order valence-electron chi connectivity index (χ1n) is 7.47. The van der Waals surface area contributed by atoms with Crippen LogP contribution in [0, 0.1) is 5.92 Å². The fourth-order valence-corrected chi connectivity index (χ4v) is 3.51. The molecule has 2 aliphatic rings. The molecule has 1 aromatic rings. The highest BCUT2D eigenvalue weighted by atomic mass is 16.5. The van der Waals surface area contributed by atoms with Crippen LogP contribution in [0.1, 0.15) is 18.4 Å². The third-order valence-electron chi connectivity index (χ3n) is 4.62. The van der Waals surface area contributed by atoms with Gasteiger partial charge in [-0.05, 0) is 50.0 Å². The summed E-state index contributed by atoms with van der Waals surface area (Å²) in [6, 6.07) is 6.80. The van der Waals surface area contributed by atoms with Crippen molar-refractivity contribution in [1.82, 2.24) is 10.2 Å². The van der Waals surface area contributed by atoms with Crippen LogP contribution < -0.4 is 14.8 Å². The van der Waals surface area contributed by atoms with E-state index in [0.717, 1.165) is 36.5 Å². The molecule has 0 aromatic heterocycles. The number of fused-ring (bicyclic) bond motifs is 1. The topological polar surface area (TPSA) is 33.7 Å². The van der Waals surface area contributed by atoms with Crippen molar-refractivity contribution in [2.24, 2.45) is 5.92 Å². The van der Waals surface area contributed by atoms with Crippen molar-refractivity contribution in [2.45, 2.75) is 25.4 Å². The molecule has 0 aliphatic carbocycles. The number of nitrogens with one attached hydrogen (secondary N) is 1. The van der Waals surface area contributed by atoms with Gasteiger partial charge in [-0.3, -0.25) is 4.90 Å². The van der Waals surface area contributed by atoms with E-state index in [1.54, 1.807) is 14.2 Å². The van der Waals surface area contributed by atoms with Crippen molar-refractivity contribution in [3.8, 4) is 11.5 Å². The monoisotopic (exact) mass is 276 g/mol. The van der Waals surface area contributed by atoms with Crippen molar-refractivity contribution < 1.29 is 9.47 Å². The molecular weight excluding hydrogens is 252 g/mol. The molecule has 4 heteroatoms. The van der Waals surface area contributed by atoms with Crippen molar-refractivity contribution >= 4 is 0 Å². The van der Waals surface area contributed by atoms with E-state index >= 15 is 0 Å². The second kappa shape index (κ2) is 6.02. The van der Waals surface area contributed by atoms with E-state index < -0.39 is 0 Å². The molecule has 2 atom stereocenters. The predicted octanol–water partition coefficient (Wildman–Crippen LogP) is 1.89. The SMILES string of the molecule is COc1ccc(OC)c(CN2CCC3NCCC3C2)c1. The first kappa shape index (κ1) is 13.7. The summed E-state index contributed by atoms with van der Waals surface area (Å²) >= 11 is 0. The Morgan fingerprint density at radius 3 is 2.95 bits per heavy atom. The summed E-state index contributed by atoms with van der Waals surface area (Å²) in [7, 11) is 3.44. The van der Waals surface area contributed by atoms with Gasteiger partial charge in [0, 0.05) is 24.7 Å². The van der Waals surface area contributed by atoms with Gasteiger partial charge in [-0.15, -0.1) is 0 Å². The Hall–Kier alpha value is -1.26. The summed E-state index contributed by atoms with van der Waals surface area (Å²) in [5, 5.41) is 3.61. The van der Waals surface area contributed by atoms with Gasteiger partial charge in [0.15, 0.2) is 0 Å². The van der Waals surface area contributed by atoms with Gasteiger partial charge in [0.1, 0.15) is 11.5 Å². The van der Waals surface area contributed by atoms with E-state index in [0.29, 0.717) is 0 Å². The molecule has 2 fully saturated rings. The summed E-state index contributed by atoms with van der Waals surface area (Å²) in [5.41, 5.74) is 1.22. The van der Waals surface area contributed by atoms with Crippen LogP contribution in [0.15, 0.2) is 18.2 Å². The molecule has 4 nitrogen and oxygen atoms in total. The zero-order valence-electron chi connectivity index (χ0n) is 12.4. The van der Waals surface area contributed by atoms with E-state index in [2.05, 4.69) is 16.3 Å². The van der Waals surface area contributed by atoms with Crippen LogP contribution in [0.3, 0.4) is 0 Å². The predicted molar refractivity (Wildman–Crippen MR) is 79.3 cm³/mol. The molecule has 2 aliphatic heterocycles. The lowest BCUT2D eigenvalue weighted by Gasteiger charge is -2.35. The second-order valence-electron chi connectivity index (χ2n) is 5.81. The molecule has 0 spiro atoms. The minimum absolute atomic E-state index is 0.749. The van der Waals surface area contributed by atoms with Gasteiger partial charge >= 0.3 is 0 Å². The molecular formula is C16H24N2O2. The zero-order valence-corrected chi connectivity index (χ0v) is 12.4. The van der Waals surface area contributed by atoms with Crippen molar-refractivity contribution in [3.63, 3.8) is 0 Å². The fraction of sp³-hybridized carbons (Fsp3) is 0.625. The largest absolute Gasteiger partial charge is 0.497 e. The number of methoxy groups -OCH3 is 2. The molecule has 2 saturated heterocycles. The van der Waals surface area contributed by atoms with E-state index in [1.807, 2.05) is 12.1 Å². The smallest absolute Gasteiger partial charge is 0.123 e. The Bertz CT molecular complexity index is 464. The normalized spacial score (nSPS) is 26.3. The molecule has 0 bridgehead atoms. The van der Waals surface area contributed by atoms with E-state index in [-0.39, 0.29) is 0 Å². The van der Waals surface area contributed by atoms with Crippen LogP contribution in [-0.2, 0) is 6.54 Å². The second-order valence-corrected chi connectivity index (χ2v) is 5.81. The lowest BCUT2D eigenvalue weighted by molar-refractivity contribution is 0.154. The van der Waals surface area contributed by atoms with Crippen molar-refractivity contribution in [1.29, 1.82) is 0 Å². The van der Waals surface area contributed by atoms with Gasteiger partial charge in [-0.2, -0.15) is 0 Å². The number of rotatable bonds is 4. The van der Waals surface area contributed by atoms with Gasteiger partial charge in [0.05, 0.1) is 14.2 Å². The number of hydrogen-bond acceptors (Lipinski definition) is 4. The average molecular weight is 276 g/mol. The molecule has 1 N–H and O–H groups in total. The summed E-state index contributed by atoms with van der Waals surface area (Å²) in [6.45, 7) is 4.49. The molecule has 0 amide bonds. The third kappa shape index (κ3) is 2.76. The van der Waals surface area contributed by atoms with Gasteiger partial charge in [0.25, 0.3) is 0 Å². The maximum absolute atomic E-state index is 5.48. The van der Waals surface area contributed by atoms with Crippen LogP contribution in [0.25, 0.3) is 0 Å². The van der Waals surface area contributed by atoms with Gasteiger partial charge in [-0.25, -0.2) is 0 Å². The van der Waals surface area contributed by atoms with Gasteiger partial charge in [-0.1, -0.05) is 0 Å². The maximum atomic E-state index is 5.48. The summed E-state index contributed by atoms with van der Waals surface area (Å²) in [5.74, 6) is 2.68. The first-order valence-corrected chi connectivity index (χ1v) is 7.47. The maximum Gasteiger partial charge on any atom is 0.123 e. The summed E-state index contributed by atoms with van der Waals surface area (Å²) in [6.07, 6.45) is 2.58. The van der Waals surface area contributed by atoms with E-state index in [4.69, 9.17) is 9.47 Å². The number of hydrogen-bond donors (Lipinski definition) is 1. The molecule has 1 aromatic carbocycles. The minimum atomic E-state index is 0.749. The average Bonchev–Trinajstić information content (AvgIpc) is 2.94. The summed E-state index contributed by atoms with van der Waals surface area (Å²) < 4.78 is 10.8. The number of likely N-dealkylation sites (tertiary alicyclic amines) is 1. The highest BCUT2D eigenvalue weighted by Gasteiger charge is 2.32. The number of benzene rings is 1. The Balaban J connectivity index is 1.70. The standard InChI is InChI=1S/C16H24N2O2/c1-19-14-3-4-16(20-2)13(9-14)11-18-8-6-15-12(10-18)5-7-17-15/h3-4,9,12,15,17H,5-8,10-11H2,1-2H3. The molecule has 0 radical (unpaired) electrons. The molecule has 2 unspecified atom stereocenters. The Labute approximate surface area is 121 Å². The number of piperidine rings is 1. The van der Waals surface area contributed by atoms with Crippen LogP contribution >= 0.6 is 0 Å². The lowest BCUT2D eigenvalue weighted by Crippen LogP contribution is -2.43. The zero-order chi connectivity index (χ0) is 13.9. The Morgan fingerprint density at radius 1 is 1.25 bits per heavy atom. The molecule has 20 heavy (non-hydrogen) atoms. The van der Waals surface area contributed by atoms with Crippen LogP contribution in [-0.4, -0.2) is 44.8 Å². The third-order valence-corrected chi connectivity index (χ3v) is 4.62. The molecule has 0 saturated carbocycles. The molecule has 3 rings (SSSR count). The minimum Gasteiger partial charge on any atom is -0.497 e. The Kier molecular flexibility index (Phi) is 4.13. The van der Waals surface area contributed by atoms with E-state index in [1.165, 1.54) is 31.5 Å². The van der Waals surface area contributed by atoms with Gasteiger partial charge in [0.2, 0.25) is 0 Å². The number of ether oxygens (including phenoxy) is 2. The van der Waals surface area contributed by atoms with Crippen LogP contribution in [0.4, 0.5) is 0 Å².